The summed E-state index contributed by atoms with van der Waals surface area (Å²) in [5.74, 6) is -1.65. The maximum Gasteiger partial charge on any atom is 0.338 e. The van der Waals surface area contributed by atoms with E-state index in [1.54, 1.807) is 6.07 Å². The fourth-order valence-corrected chi connectivity index (χ4v) is 2.21. The molecule has 0 saturated carbocycles. The highest BCUT2D eigenvalue weighted by Gasteiger charge is 2.12. The summed E-state index contributed by atoms with van der Waals surface area (Å²) in [6.45, 7) is 3.09. The number of esters is 1. The van der Waals surface area contributed by atoms with Gasteiger partial charge in [-0.1, -0.05) is 12.1 Å². The Morgan fingerprint density at radius 2 is 1.74 bits per heavy atom. The molecule has 2 N–H and O–H groups in total. The molecule has 7 nitrogen and oxygen atoms in total. The Labute approximate surface area is 156 Å². The smallest absolute Gasteiger partial charge is 0.338 e. The average Bonchev–Trinajstić information content (AvgIpc) is 2.68. The molecular formula is C20H19N3O4. The number of hydrogen-bond acceptors (Lipinski definition) is 5. The van der Waals surface area contributed by atoms with Crippen molar-refractivity contribution in [1.82, 2.24) is 5.32 Å². The molecule has 0 spiro atoms. The molecule has 0 aliphatic heterocycles. The molecule has 0 saturated heterocycles. The van der Waals surface area contributed by atoms with Gasteiger partial charge in [-0.25, -0.2) is 4.79 Å². The summed E-state index contributed by atoms with van der Waals surface area (Å²) in [7, 11) is 0. The highest BCUT2D eigenvalue weighted by Crippen LogP contribution is 2.17. The van der Waals surface area contributed by atoms with E-state index in [9.17, 15) is 14.4 Å². The summed E-state index contributed by atoms with van der Waals surface area (Å²) in [6.07, 6.45) is 0. The topological polar surface area (TPSA) is 108 Å². The Morgan fingerprint density at radius 1 is 1.04 bits per heavy atom. The van der Waals surface area contributed by atoms with Crippen LogP contribution in [0.5, 0.6) is 0 Å². The lowest BCUT2D eigenvalue weighted by Crippen LogP contribution is -2.35. The summed E-state index contributed by atoms with van der Waals surface area (Å²) in [4.78, 5) is 35.5. The molecule has 0 aromatic heterocycles. The Balaban J connectivity index is 1.76. The molecule has 0 atom stereocenters. The van der Waals surface area contributed by atoms with Crippen LogP contribution < -0.4 is 10.6 Å². The summed E-state index contributed by atoms with van der Waals surface area (Å²) in [5, 5.41) is 13.8. The van der Waals surface area contributed by atoms with E-state index in [0.29, 0.717) is 11.3 Å². The number of rotatable bonds is 6. The number of benzene rings is 2. The zero-order valence-electron chi connectivity index (χ0n) is 15.0. The van der Waals surface area contributed by atoms with Gasteiger partial charge in [0, 0.05) is 5.69 Å². The van der Waals surface area contributed by atoms with Gasteiger partial charge in [-0.3, -0.25) is 9.59 Å². The van der Waals surface area contributed by atoms with Crippen LogP contribution in [-0.2, 0) is 14.3 Å². The van der Waals surface area contributed by atoms with E-state index in [1.807, 2.05) is 32.0 Å². The van der Waals surface area contributed by atoms with Crippen LogP contribution in [0.2, 0.25) is 0 Å². The molecule has 0 heterocycles. The average molecular weight is 365 g/mol. The molecule has 0 aliphatic rings. The van der Waals surface area contributed by atoms with E-state index >= 15 is 0 Å². The molecule has 0 radical (unpaired) electrons. The van der Waals surface area contributed by atoms with Crippen molar-refractivity contribution in [3.63, 3.8) is 0 Å². The number of ether oxygens (including phenoxy) is 1. The van der Waals surface area contributed by atoms with E-state index in [0.717, 1.165) is 11.1 Å². The Bertz CT molecular complexity index is 898. The van der Waals surface area contributed by atoms with Crippen LogP contribution in [0, 0.1) is 25.2 Å². The molecule has 7 heteroatoms. The van der Waals surface area contributed by atoms with Crippen molar-refractivity contribution in [1.29, 1.82) is 5.26 Å². The summed E-state index contributed by atoms with van der Waals surface area (Å²) in [5.41, 5.74) is 3.33. The van der Waals surface area contributed by atoms with Crippen LogP contribution in [0.3, 0.4) is 0 Å². The Kier molecular flexibility index (Phi) is 6.67. The third-order valence-electron chi connectivity index (χ3n) is 3.91. The second kappa shape index (κ2) is 9.15. The predicted molar refractivity (Wildman–Crippen MR) is 99.0 cm³/mol. The number of aryl methyl sites for hydroxylation is 1. The molecule has 0 bridgehead atoms. The van der Waals surface area contributed by atoms with Crippen LogP contribution in [-0.4, -0.2) is 30.9 Å². The molecule has 2 amide bonds. The lowest BCUT2D eigenvalue weighted by molar-refractivity contribution is -0.126. The van der Waals surface area contributed by atoms with Gasteiger partial charge >= 0.3 is 5.97 Å². The zero-order valence-corrected chi connectivity index (χ0v) is 15.0. The first-order valence-corrected chi connectivity index (χ1v) is 8.20. The van der Waals surface area contributed by atoms with Gasteiger partial charge < -0.3 is 15.4 Å². The fraction of sp³-hybridized carbons (Fsp3) is 0.200. The van der Waals surface area contributed by atoms with Gasteiger partial charge in [0.05, 0.1) is 23.7 Å². The minimum atomic E-state index is -0.686. The summed E-state index contributed by atoms with van der Waals surface area (Å²) < 4.78 is 4.88. The van der Waals surface area contributed by atoms with Gasteiger partial charge in [-0.2, -0.15) is 5.26 Å². The molecule has 0 unspecified atom stereocenters. The van der Waals surface area contributed by atoms with Gasteiger partial charge in [-0.15, -0.1) is 0 Å². The van der Waals surface area contributed by atoms with Gasteiger partial charge in [0.15, 0.2) is 6.61 Å². The highest BCUT2D eigenvalue weighted by atomic mass is 16.5. The highest BCUT2D eigenvalue weighted by molar-refractivity contribution is 5.96. The maximum atomic E-state index is 11.9. The number of nitrogens with one attached hydrogen (secondary N) is 2. The van der Waals surface area contributed by atoms with Gasteiger partial charge in [0.2, 0.25) is 5.91 Å². The second-order valence-electron chi connectivity index (χ2n) is 5.84. The monoisotopic (exact) mass is 365 g/mol. The van der Waals surface area contributed by atoms with Crippen LogP contribution in [0.1, 0.15) is 27.0 Å². The standard InChI is InChI=1S/C20H19N3O4/c1-13-4-3-5-17(14(13)2)23-18(24)11-22-19(25)12-27-20(26)16-8-6-15(10-21)7-9-16/h3-9H,11-12H2,1-2H3,(H,22,25)(H,23,24). The second-order valence-corrected chi connectivity index (χ2v) is 5.84. The number of hydrogen-bond donors (Lipinski definition) is 2. The van der Waals surface area contributed by atoms with Crippen molar-refractivity contribution in [2.24, 2.45) is 0 Å². The van der Waals surface area contributed by atoms with Crippen LogP contribution in [0.15, 0.2) is 42.5 Å². The van der Waals surface area contributed by atoms with E-state index in [1.165, 1.54) is 24.3 Å². The van der Waals surface area contributed by atoms with Crippen LogP contribution in [0.4, 0.5) is 5.69 Å². The van der Waals surface area contributed by atoms with Crippen molar-refractivity contribution in [2.45, 2.75) is 13.8 Å². The molecule has 2 aromatic carbocycles. The van der Waals surface area contributed by atoms with Gasteiger partial charge in [-0.05, 0) is 55.3 Å². The fourth-order valence-electron chi connectivity index (χ4n) is 2.21. The first-order chi connectivity index (χ1) is 12.9. The first-order valence-electron chi connectivity index (χ1n) is 8.20. The summed E-state index contributed by atoms with van der Waals surface area (Å²) in [6, 6.07) is 13.3. The van der Waals surface area contributed by atoms with E-state index in [4.69, 9.17) is 10.00 Å². The van der Waals surface area contributed by atoms with E-state index < -0.39 is 18.5 Å². The number of amides is 2. The lowest BCUT2D eigenvalue weighted by atomic mass is 10.1. The van der Waals surface area contributed by atoms with Crippen molar-refractivity contribution >= 4 is 23.5 Å². The summed E-state index contributed by atoms with van der Waals surface area (Å²) >= 11 is 0. The van der Waals surface area contributed by atoms with Gasteiger partial charge in [0.1, 0.15) is 0 Å². The molecule has 0 fully saturated rings. The SMILES string of the molecule is Cc1cccc(NC(=O)CNC(=O)COC(=O)c2ccc(C#N)cc2)c1C. The molecule has 27 heavy (non-hydrogen) atoms. The predicted octanol–water partition coefficient (Wildman–Crippen LogP) is 2.09. The number of nitriles is 1. The van der Waals surface area contributed by atoms with Crippen molar-refractivity contribution in [3.8, 4) is 6.07 Å². The number of carbonyl (C=O) groups is 3. The molecule has 2 rings (SSSR count). The third-order valence-corrected chi connectivity index (χ3v) is 3.91. The molecule has 138 valence electrons. The van der Waals surface area contributed by atoms with E-state index in [2.05, 4.69) is 10.6 Å². The molecular weight excluding hydrogens is 346 g/mol. The molecule has 0 aliphatic carbocycles. The lowest BCUT2D eigenvalue weighted by Gasteiger charge is -2.11. The van der Waals surface area contributed by atoms with Crippen LogP contribution in [0.25, 0.3) is 0 Å². The minimum absolute atomic E-state index is 0.231. The maximum absolute atomic E-state index is 11.9. The van der Waals surface area contributed by atoms with Gasteiger partial charge in [0.25, 0.3) is 5.91 Å². The minimum Gasteiger partial charge on any atom is -0.452 e. The van der Waals surface area contributed by atoms with Crippen molar-refractivity contribution in [2.75, 3.05) is 18.5 Å². The number of nitrogens with zero attached hydrogens (tertiary/aromatic N) is 1. The van der Waals surface area contributed by atoms with Crippen molar-refractivity contribution in [3.05, 3.63) is 64.7 Å². The normalized spacial score (nSPS) is 9.81. The molecule has 2 aromatic rings. The Morgan fingerprint density at radius 3 is 2.41 bits per heavy atom. The van der Waals surface area contributed by atoms with E-state index in [-0.39, 0.29) is 18.0 Å². The zero-order chi connectivity index (χ0) is 19.8. The van der Waals surface area contributed by atoms with Crippen LogP contribution >= 0.6 is 0 Å². The largest absolute Gasteiger partial charge is 0.452 e. The number of anilines is 1. The number of carbonyl (C=O) groups excluding carboxylic acids is 3. The Hall–Kier alpha value is -3.66. The quantitative estimate of drug-likeness (QED) is 0.762. The first kappa shape index (κ1) is 19.7. The third kappa shape index (κ3) is 5.68. The van der Waals surface area contributed by atoms with Crippen molar-refractivity contribution < 1.29 is 19.1 Å².